The number of pyridine rings is 1. The van der Waals surface area contributed by atoms with Crippen LogP contribution in [0, 0.1) is 0 Å². The van der Waals surface area contributed by atoms with Gasteiger partial charge in [0, 0.05) is 38.2 Å². The first-order valence-electron chi connectivity index (χ1n) is 6.17. The number of carbonyl (C=O) groups excluding carboxylic acids is 1. The molecule has 0 bridgehead atoms. The van der Waals surface area contributed by atoms with Crippen LogP contribution < -0.4 is 10.6 Å². The van der Waals surface area contributed by atoms with Gasteiger partial charge in [-0.3, -0.25) is 9.78 Å². The van der Waals surface area contributed by atoms with Gasteiger partial charge in [0.05, 0.1) is 0 Å². The summed E-state index contributed by atoms with van der Waals surface area (Å²) in [6.45, 7) is 5.27. The van der Waals surface area contributed by atoms with Crippen molar-refractivity contribution in [2.75, 3.05) is 25.6 Å². The smallest absolute Gasteiger partial charge is 0.269 e. The summed E-state index contributed by atoms with van der Waals surface area (Å²) in [6, 6.07) is 3.90. The van der Waals surface area contributed by atoms with E-state index in [0.717, 1.165) is 12.1 Å². The van der Waals surface area contributed by atoms with E-state index in [0.29, 0.717) is 18.8 Å². The lowest BCUT2D eigenvalue weighted by Gasteiger charge is -2.15. The third-order valence-electron chi connectivity index (χ3n) is 2.50. The van der Waals surface area contributed by atoms with E-state index in [1.165, 1.54) is 0 Å². The molecule has 1 aromatic heterocycles. The summed E-state index contributed by atoms with van der Waals surface area (Å²) in [5.41, 5.74) is 1.33. The molecule has 0 fully saturated rings. The Hall–Kier alpha value is -1.62. The molecule has 1 unspecified atom stereocenters. The molecule has 0 saturated carbocycles. The number of methoxy groups -OCH3 is 1. The van der Waals surface area contributed by atoms with Crippen molar-refractivity contribution in [1.82, 2.24) is 10.3 Å². The first-order valence-corrected chi connectivity index (χ1v) is 6.17. The van der Waals surface area contributed by atoms with Crippen molar-refractivity contribution in [2.24, 2.45) is 0 Å². The Morgan fingerprint density at radius 2 is 2.33 bits per heavy atom. The molecule has 5 heteroatoms. The van der Waals surface area contributed by atoms with Crippen LogP contribution in [0.4, 0.5) is 5.69 Å². The molecule has 100 valence electrons. The fourth-order valence-corrected chi connectivity index (χ4v) is 1.55. The van der Waals surface area contributed by atoms with Crippen LogP contribution >= 0.6 is 0 Å². The van der Waals surface area contributed by atoms with Crippen LogP contribution in [0.2, 0.25) is 0 Å². The predicted molar refractivity (Wildman–Crippen MR) is 71.8 cm³/mol. The molecule has 2 N–H and O–H groups in total. The minimum absolute atomic E-state index is 0.148. The lowest BCUT2D eigenvalue weighted by Crippen LogP contribution is -2.24. The molecule has 0 aliphatic heterocycles. The number of hydrogen-bond acceptors (Lipinski definition) is 4. The molecule has 1 atom stereocenters. The van der Waals surface area contributed by atoms with Crippen molar-refractivity contribution in [3.8, 4) is 0 Å². The van der Waals surface area contributed by atoms with Gasteiger partial charge in [0.25, 0.3) is 5.91 Å². The Bertz CT molecular complexity index is 382. The summed E-state index contributed by atoms with van der Waals surface area (Å²) in [7, 11) is 1.69. The predicted octanol–water partition coefficient (Wildman–Crippen LogP) is 1.67. The van der Waals surface area contributed by atoms with Crippen molar-refractivity contribution in [2.45, 2.75) is 26.3 Å². The van der Waals surface area contributed by atoms with Gasteiger partial charge in [-0.05, 0) is 32.4 Å². The van der Waals surface area contributed by atoms with Crippen LogP contribution in [-0.2, 0) is 4.74 Å². The Balaban J connectivity index is 2.61. The summed E-state index contributed by atoms with van der Waals surface area (Å²) in [4.78, 5) is 15.7. The van der Waals surface area contributed by atoms with E-state index in [9.17, 15) is 4.79 Å². The molecule has 1 rings (SSSR count). The molecule has 0 aromatic carbocycles. The number of aromatic nitrogens is 1. The summed E-state index contributed by atoms with van der Waals surface area (Å²) >= 11 is 0. The number of ether oxygens (including phenoxy) is 1. The van der Waals surface area contributed by atoms with Gasteiger partial charge in [-0.25, -0.2) is 0 Å². The SMILES string of the molecule is CCNC(=O)c1cc(NC(C)CCOC)ccn1. The molecule has 18 heavy (non-hydrogen) atoms. The second kappa shape index (κ2) is 7.66. The minimum Gasteiger partial charge on any atom is -0.385 e. The molecule has 1 aromatic rings. The Morgan fingerprint density at radius 1 is 1.56 bits per heavy atom. The van der Waals surface area contributed by atoms with Gasteiger partial charge >= 0.3 is 0 Å². The zero-order valence-corrected chi connectivity index (χ0v) is 11.2. The topological polar surface area (TPSA) is 63.2 Å². The highest BCUT2D eigenvalue weighted by molar-refractivity contribution is 5.93. The highest BCUT2D eigenvalue weighted by Gasteiger charge is 2.07. The highest BCUT2D eigenvalue weighted by atomic mass is 16.5. The van der Waals surface area contributed by atoms with E-state index in [2.05, 4.69) is 22.5 Å². The fourth-order valence-electron chi connectivity index (χ4n) is 1.55. The fraction of sp³-hybridized carbons (Fsp3) is 0.538. The van der Waals surface area contributed by atoms with E-state index in [1.807, 2.05) is 13.0 Å². The van der Waals surface area contributed by atoms with E-state index in [4.69, 9.17) is 4.74 Å². The summed E-state index contributed by atoms with van der Waals surface area (Å²) in [5, 5.41) is 6.04. The molecule has 0 aliphatic rings. The second-order valence-corrected chi connectivity index (χ2v) is 4.12. The number of carbonyl (C=O) groups is 1. The molecule has 1 amide bonds. The van der Waals surface area contributed by atoms with Crippen molar-refractivity contribution in [3.05, 3.63) is 24.0 Å². The van der Waals surface area contributed by atoms with Crippen LogP contribution in [-0.4, -0.2) is 37.2 Å². The molecular formula is C13H21N3O2. The van der Waals surface area contributed by atoms with Gasteiger partial charge in [-0.15, -0.1) is 0 Å². The highest BCUT2D eigenvalue weighted by Crippen LogP contribution is 2.10. The van der Waals surface area contributed by atoms with Crippen molar-refractivity contribution in [1.29, 1.82) is 0 Å². The summed E-state index contributed by atoms with van der Waals surface area (Å²) in [6.07, 6.45) is 2.55. The standard InChI is InChI=1S/C13H21N3O2/c1-4-14-13(17)12-9-11(5-7-15-12)16-10(2)6-8-18-3/h5,7,9-10H,4,6,8H2,1-3H3,(H,14,17)(H,15,16). The zero-order valence-electron chi connectivity index (χ0n) is 11.2. The Labute approximate surface area is 108 Å². The van der Waals surface area contributed by atoms with Crippen LogP contribution in [0.5, 0.6) is 0 Å². The maximum Gasteiger partial charge on any atom is 0.269 e. The number of amides is 1. The number of hydrogen-bond donors (Lipinski definition) is 2. The van der Waals surface area contributed by atoms with Gasteiger partial charge in [-0.1, -0.05) is 0 Å². The number of rotatable bonds is 7. The van der Waals surface area contributed by atoms with Crippen LogP contribution in [0.15, 0.2) is 18.3 Å². The third-order valence-corrected chi connectivity index (χ3v) is 2.50. The van der Waals surface area contributed by atoms with Gasteiger partial charge in [0.2, 0.25) is 0 Å². The second-order valence-electron chi connectivity index (χ2n) is 4.12. The molecule has 0 aliphatic carbocycles. The van der Waals surface area contributed by atoms with Gasteiger partial charge in [0.1, 0.15) is 5.69 Å². The Kier molecular flexibility index (Phi) is 6.14. The monoisotopic (exact) mass is 251 g/mol. The van der Waals surface area contributed by atoms with Crippen molar-refractivity contribution in [3.63, 3.8) is 0 Å². The molecular weight excluding hydrogens is 230 g/mol. The minimum atomic E-state index is -0.148. The molecule has 0 saturated heterocycles. The molecule has 5 nitrogen and oxygen atoms in total. The van der Waals surface area contributed by atoms with Crippen molar-refractivity contribution >= 4 is 11.6 Å². The third kappa shape index (κ3) is 4.71. The maximum absolute atomic E-state index is 11.6. The largest absolute Gasteiger partial charge is 0.385 e. The molecule has 0 spiro atoms. The lowest BCUT2D eigenvalue weighted by atomic mass is 10.2. The molecule has 1 heterocycles. The quantitative estimate of drug-likeness (QED) is 0.773. The van der Waals surface area contributed by atoms with Crippen LogP contribution in [0.25, 0.3) is 0 Å². The maximum atomic E-state index is 11.6. The van der Waals surface area contributed by atoms with E-state index in [-0.39, 0.29) is 11.9 Å². The normalized spacial score (nSPS) is 11.9. The number of nitrogens with one attached hydrogen (secondary N) is 2. The summed E-state index contributed by atoms with van der Waals surface area (Å²) < 4.78 is 5.03. The average molecular weight is 251 g/mol. The van der Waals surface area contributed by atoms with E-state index < -0.39 is 0 Å². The lowest BCUT2D eigenvalue weighted by molar-refractivity contribution is 0.0951. The first kappa shape index (κ1) is 14.4. The zero-order chi connectivity index (χ0) is 13.4. The average Bonchev–Trinajstić information content (AvgIpc) is 2.37. The van der Waals surface area contributed by atoms with Crippen molar-refractivity contribution < 1.29 is 9.53 Å². The van der Waals surface area contributed by atoms with E-state index in [1.54, 1.807) is 19.4 Å². The Morgan fingerprint density at radius 3 is 3.00 bits per heavy atom. The van der Waals surface area contributed by atoms with Gasteiger partial charge in [-0.2, -0.15) is 0 Å². The van der Waals surface area contributed by atoms with Gasteiger partial charge < -0.3 is 15.4 Å². The summed E-state index contributed by atoms with van der Waals surface area (Å²) in [5.74, 6) is -0.148. The van der Waals surface area contributed by atoms with Crippen LogP contribution in [0.1, 0.15) is 30.8 Å². The van der Waals surface area contributed by atoms with E-state index >= 15 is 0 Å². The number of nitrogens with zero attached hydrogens (tertiary/aromatic N) is 1. The molecule has 0 radical (unpaired) electrons. The first-order chi connectivity index (χ1) is 8.67. The number of anilines is 1. The van der Waals surface area contributed by atoms with Gasteiger partial charge in [0.15, 0.2) is 0 Å². The van der Waals surface area contributed by atoms with Crippen LogP contribution in [0.3, 0.4) is 0 Å².